The lowest BCUT2D eigenvalue weighted by Crippen LogP contribution is -1.87. The Hall–Kier alpha value is -3.33. The monoisotopic (exact) mass is 402 g/mol. The molecule has 4 aromatic rings. The molecule has 0 bridgehead atoms. The average molecular weight is 402 g/mol. The maximum Gasteiger partial charge on any atom is 0.271 e. The molecule has 0 saturated carbocycles. The van der Waals surface area contributed by atoms with Crippen molar-refractivity contribution in [1.82, 2.24) is 0 Å². The predicted molar refractivity (Wildman–Crippen MR) is 119 cm³/mol. The minimum atomic E-state index is -1.91. The summed E-state index contributed by atoms with van der Waals surface area (Å²) in [6.45, 7) is 2.17. The maximum atomic E-state index is 14.5. The lowest BCUT2D eigenvalue weighted by Gasteiger charge is -2.08. The molecule has 0 heterocycles. The number of halogens is 3. The maximum absolute atomic E-state index is 14.5. The highest BCUT2D eigenvalue weighted by Gasteiger charge is 2.09. The van der Waals surface area contributed by atoms with Crippen molar-refractivity contribution in [3.63, 3.8) is 0 Å². The Labute approximate surface area is 174 Å². The van der Waals surface area contributed by atoms with Gasteiger partial charge in [-0.2, -0.15) is 8.78 Å². The van der Waals surface area contributed by atoms with E-state index in [0.717, 1.165) is 29.5 Å². The number of fused-ring (bicyclic) bond motifs is 1. The van der Waals surface area contributed by atoms with E-state index in [1.165, 1.54) is 17.2 Å². The van der Waals surface area contributed by atoms with Crippen LogP contribution in [0.3, 0.4) is 0 Å². The van der Waals surface area contributed by atoms with Gasteiger partial charge in [0.15, 0.2) is 0 Å². The predicted octanol–water partition coefficient (Wildman–Crippen LogP) is 8.50. The molecular weight excluding hydrogens is 381 g/mol. The number of benzene rings is 4. The van der Waals surface area contributed by atoms with Crippen LogP contribution in [0.15, 0.2) is 84.9 Å². The summed E-state index contributed by atoms with van der Waals surface area (Å²) in [4.78, 5) is 0. The Morgan fingerprint density at radius 1 is 0.733 bits per heavy atom. The van der Waals surface area contributed by atoms with Crippen molar-refractivity contribution in [2.75, 3.05) is 0 Å². The van der Waals surface area contributed by atoms with Crippen molar-refractivity contribution in [3.05, 3.63) is 102 Å². The van der Waals surface area contributed by atoms with E-state index in [9.17, 15) is 13.2 Å². The zero-order chi connectivity index (χ0) is 21.1. The molecule has 150 valence electrons. The lowest BCUT2D eigenvalue weighted by atomic mass is 9.97. The van der Waals surface area contributed by atoms with Crippen molar-refractivity contribution < 1.29 is 13.2 Å². The third-order valence-corrected chi connectivity index (χ3v) is 5.29. The fourth-order valence-corrected chi connectivity index (χ4v) is 3.72. The largest absolute Gasteiger partial charge is 0.271 e. The Bertz CT molecular complexity index is 1200. The summed E-state index contributed by atoms with van der Waals surface area (Å²) in [6, 6.07) is 25.3. The summed E-state index contributed by atoms with van der Waals surface area (Å²) in [5.41, 5.74) is 5.51. The molecule has 0 nitrogen and oxygen atoms in total. The molecular formula is C27H21F3. The van der Waals surface area contributed by atoms with Gasteiger partial charge in [-0.1, -0.05) is 86.1 Å². The number of hydrogen-bond donors (Lipinski definition) is 0. The van der Waals surface area contributed by atoms with E-state index >= 15 is 0 Å². The molecule has 0 unspecified atom stereocenters. The fourth-order valence-electron chi connectivity index (χ4n) is 3.72. The summed E-state index contributed by atoms with van der Waals surface area (Å²) in [5.74, 6) is -0.631. The van der Waals surface area contributed by atoms with Gasteiger partial charge in [-0.25, -0.2) is 4.39 Å². The number of hydrogen-bond acceptors (Lipinski definition) is 0. The first-order chi connectivity index (χ1) is 14.5. The first-order valence-electron chi connectivity index (χ1n) is 10.00. The van der Waals surface area contributed by atoms with Crippen molar-refractivity contribution in [1.29, 1.82) is 0 Å². The van der Waals surface area contributed by atoms with Gasteiger partial charge in [-0.05, 0) is 45.7 Å². The summed E-state index contributed by atoms with van der Waals surface area (Å²) >= 11 is 0. The second-order valence-electron chi connectivity index (χ2n) is 7.36. The minimum Gasteiger partial charge on any atom is -0.206 e. The molecule has 0 atom stereocenters. The topological polar surface area (TPSA) is 0 Å². The van der Waals surface area contributed by atoms with Crippen LogP contribution in [0.5, 0.6) is 0 Å². The van der Waals surface area contributed by atoms with Crippen LogP contribution in [0.1, 0.15) is 24.5 Å². The molecule has 0 aromatic heterocycles. The highest BCUT2D eigenvalue weighted by Crippen LogP contribution is 2.30. The zero-order valence-corrected chi connectivity index (χ0v) is 16.6. The molecule has 30 heavy (non-hydrogen) atoms. The number of aryl methyl sites for hydroxylation is 1. The van der Waals surface area contributed by atoms with Crippen LogP contribution >= 0.6 is 0 Å². The molecule has 3 heteroatoms. The van der Waals surface area contributed by atoms with Gasteiger partial charge >= 0.3 is 0 Å². The van der Waals surface area contributed by atoms with E-state index < -0.39 is 11.9 Å². The summed E-state index contributed by atoms with van der Waals surface area (Å²) in [5, 5.41) is 1.01. The summed E-state index contributed by atoms with van der Waals surface area (Å²) in [7, 11) is 0. The first kappa shape index (κ1) is 20.0. The van der Waals surface area contributed by atoms with E-state index in [-0.39, 0.29) is 5.56 Å². The van der Waals surface area contributed by atoms with Crippen LogP contribution in [0, 0.1) is 5.82 Å². The van der Waals surface area contributed by atoms with Gasteiger partial charge in [0.05, 0.1) is 0 Å². The van der Waals surface area contributed by atoms with Gasteiger partial charge in [0.2, 0.25) is 0 Å². The standard InChI is InChI=1S/C27H21F3/c1-2-3-18-4-6-19(7-5-18)20-8-10-21(11-9-20)22-14-15-25-23(16-22)12-13-24(27(25)30)17-26(28)29/h4-17H,2-3H2,1H3. The molecule has 0 fully saturated rings. The van der Waals surface area contributed by atoms with Gasteiger partial charge in [0.1, 0.15) is 5.82 Å². The molecule has 0 spiro atoms. The molecule has 4 aromatic carbocycles. The number of rotatable bonds is 5. The Kier molecular flexibility index (Phi) is 5.71. The normalized spacial score (nSPS) is 10.9. The Morgan fingerprint density at radius 3 is 1.90 bits per heavy atom. The minimum absolute atomic E-state index is 0.107. The van der Waals surface area contributed by atoms with Gasteiger partial charge in [0.25, 0.3) is 6.08 Å². The quantitative estimate of drug-likeness (QED) is 0.314. The summed E-state index contributed by atoms with van der Waals surface area (Å²) in [6.07, 6.45) is 0.859. The summed E-state index contributed by atoms with van der Waals surface area (Å²) < 4.78 is 39.5. The molecule has 0 saturated heterocycles. The molecule has 0 amide bonds. The van der Waals surface area contributed by atoms with Gasteiger partial charge in [-0.15, -0.1) is 0 Å². The molecule has 0 aliphatic heterocycles. The smallest absolute Gasteiger partial charge is 0.206 e. The third-order valence-electron chi connectivity index (χ3n) is 5.29. The molecule has 0 aliphatic rings. The average Bonchev–Trinajstić information content (AvgIpc) is 2.76. The Balaban J connectivity index is 1.63. The van der Waals surface area contributed by atoms with Crippen LogP contribution in [-0.2, 0) is 6.42 Å². The van der Waals surface area contributed by atoms with Gasteiger partial charge < -0.3 is 0 Å². The zero-order valence-electron chi connectivity index (χ0n) is 16.6. The molecule has 0 aliphatic carbocycles. The Morgan fingerprint density at radius 2 is 1.30 bits per heavy atom. The molecule has 4 rings (SSSR count). The van der Waals surface area contributed by atoms with Crippen molar-refractivity contribution in [2.24, 2.45) is 0 Å². The highest BCUT2D eigenvalue weighted by molar-refractivity contribution is 5.89. The van der Waals surface area contributed by atoms with Crippen LogP contribution in [0.2, 0.25) is 0 Å². The van der Waals surface area contributed by atoms with Crippen LogP contribution < -0.4 is 0 Å². The second kappa shape index (κ2) is 8.58. The van der Waals surface area contributed by atoms with Crippen LogP contribution in [0.25, 0.3) is 39.1 Å². The van der Waals surface area contributed by atoms with Crippen molar-refractivity contribution in [2.45, 2.75) is 19.8 Å². The van der Waals surface area contributed by atoms with Crippen LogP contribution in [0.4, 0.5) is 13.2 Å². The fraction of sp³-hybridized carbons (Fsp3) is 0.111. The van der Waals surface area contributed by atoms with Crippen molar-refractivity contribution in [3.8, 4) is 22.3 Å². The molecule has 0 radical (unpaired) electrons. The van der Waals surface area contributed by atoms with E-state index in [0.29, 0.717) is 16.8 Å². The van der Waals surface area contributed by atoms with Gasteiger partial charge in [0, 0.05) is 17.0 Å². The van der Waals surface area contributed by atoms with Crippen molar-refractivity contribution >= 4 is 16.8 Å². The van der Waals surface area contributed by atoms with E-state index in [1.807, 2.05) is 24.3 Å². The van der Waals surface area contributed by atoms with E-state index in [4.69, 9.17) is 0 Å². The van der Waals surface area contributed by atoms with E-state index in [1.54, 1.807) is 12.1 Å². The lowest BCUT2D eigenvalue weighted by molar-refractivity contribution is 0.429. The van der Waals surface area contributed by atoms with Crippen LogP contribution in [-0.4, -0.2) is 0 Å². The first-order valence-corrected chi connectivity index (χ1v) is 10.00. The molecule has 0 N–H and O–H groups in total. The highest BCUT2D eigenvalue weighted by atomic mass is 19.3. The SMILES string of the molecule is CCCc1ccc(-c2ccc(-c3ccc4c(F)c(C=C(F)F)ccc4c3)cc2)cc1. The second-order valence-corrected chi connectivity index (χ2v) is 7.36. The van der Waals surface area contributed by atoms with E-state index in [2.05, 4.69) is 43.3 Å². The van der Waals surface area contributed by atoms with Gasteiger partial charge in [-0.3, -0.25) is 0 Å². The third kappa shape index (κ3) is 4.16.